The summed E-state index contributed by atoms with van der Waals surface area (Å²) < 4.78 is 0. The summed E-state index contributed by atoms with van der Waals surface area (Å²) in [6, 6.07) is 21.0. The van der Waals surface area contributed by atoms with E-state index in [1.807, 2.05) is 12.1 Å². The first-order valence-electron chi connectivity index (χ1n) is 6.39. The molecule has 0 saturated carbocycles. The van der Waals surface area contributed by atoms with E-state index in [0.29, 0.717) is 5.11 Å². The fourth-order valence-electron chi connectivity index (χ4n) is 2.70. The molecule has 1 saturated heterocycles. The van der Waals surface area contributed by atoms with Crippen molar-refractivity contribution >= 4 is 17.3 Å². The zero-order chi connectivity index (χ0) is 13.3. The van der Waals surface area contributed by atoms with Crippen LogP contribution in [0.5, 0.6) is 0 Å². The maximum absolute atomic E-state index is 5.32. The Morgan fingerprint density at radius 1 is 0.947 bits per heavy atom. The third kappa shape index (κ3) is 2.10. The van der Waals surface area contributed by atoms with Crippen molar-refractivity contribution in [2.75, 3.05) is 0 Å². The predicted octanol–water partition coefficient (Wildman–Crippen LogP) is 3.12. The SMILES string of the molecule is CC1(c2ccccc2)NC(=S)NC1c1ccccc1. The summed E-state index contributed by atoms with van der Waals surface area (Å²) >= 11 is 5.32. The zero-order valence-corrected chi connectivity index (χ0v) is 11.6. The second-order valence-corrected chi connectivity index (χ2v) is 5.42. The van der Waals surface area contributed by atoms with Crippen molar-refractivity contribution < 1.29 is 0 Å². The van der Waals surface area contributed by atoms with Crippen molar-refractivity contribution in [2.45, 2.75) is 18.5 Å². The Morgan fingerprint density at radius 2 is 1.53 bits per heavy atom. The van der Waals surface area contributed by atoms with Gasteiger partial charge in [-0.3, -0.25) is 0 Å². The highest BCUT2D eigenvalue weighted by Gasteiger charge is 2.42. The van der Waals surface area contributed by atoms with Crippen LogP contribution < -0.4 is 10.6 Å². The average molecular weight is 268 g/mol. The number of benzene rings is 2. The molecule has 1 heterocycles. The van der Waals surface area contributed by atoms with Gasteiger partial charge in [-0.1, -0.05) is 60.7 Å². The van der Waals surface area contributed by atoms with Gasteiger partial charge in [-0.2, -0.15) is 0 Å². The standard InChI is InChI=1S/C16H16N2S/c1-16(13-10-6-3-7-11-13)14(17-15(19)18-16)12-8-4-2-5-9-12/h2-11,14H,1H3,(H2,17,18,19). The monoisotopic (exact) mass is 268 g/mol. The molecule has 2 aromatic carbocycles. The molecular formula is C16H16N2S. The molecule has 3 rings (SSSR count). The van der Waals surface area contributed by atoms with E-state index in [9.17, 15) is 0 Å². The second kappa shape index (κ2) is 4.67. The van der Waals surface area contributed by atoms with Crippen molar-refractivity contribution in [2.24, 2.45) is 0 Å². The van der Waals surface area contributed by atoms with Crippen molar-refractivity contribution in [1.82, 2.24) is 10.6 Å². The second-order valence-electron chi connectivity index (χ2n) is 5.01. The molecule has 2 aromatic rings. The topological polar surface area (TPSA) is 24.1 Å². The first kappa shape index (κ1) is 12.2. The molecule has 0 radical (unpaired) electrons. The summed E-state index contributed by atoms with van der Waals surface area (Å²) in [6.07, 6.45) is 0. The van der Waals surface area contributed by atoms with Gasteiger partial charge in [-0.25, -0.2) is 0 Å². The highest BCUT2D eigenvalue weighted by Crippen LogP contribution is 2.37. The van der Waals surface area contributed by atoms with Crippen LogP contribution in [-0.4, -0.2) is 5.11 Å². The molecule has 2 unspecified atom stereocenters. The minimum absolute atomic E-state index is 0.142. The van der Waals surface area contributed by atoms with Gasteiger partial charge in [0.2, 0.25) is 0 Å². The van der Waals surface area contributed by atoms with Crippen LogP contribution in [-0.2, 0) is 5.54 Å². The van der Waals surface area contributed by atoms with Gasteiger partial charge in [0.25, 0.3) is 0 Å². The number of rotatable bonds is 2. The maximum Gasteiger partial charge on any atom is 0.167 e. The predicted molar refractivity (Wildman–Crippen MR) is 81.8 cm³/mol. The lowest BCUT2D eigenvalue weighted by Crippen LogP contribution is -2.38. The lowest BCUT2D eigenvalue weighted by Gasteiger charge is -2.31. The Bertz CT molecular complexity index is 582. The Hall–Kier alpha value is -1.87. The molecule has 0 spiro atoms. The molecule has 0 aromatic heterocycles. The van der Waals surface area contributed by atoms with Crippen molar-refractivity contribution in [3.8, 4) is 0 Å². The molecule has 0 amide bonds. The molecule has 3 heteroatoms. The van der Waals surface area contributed by atoms with Gasteiger partial charge >= 0.3 is 0 Å². The summed E-state index contributed by atoms with van der Waals surface area (Å²) in [5.74, 6) is 0. The average Bonchev–Trinajstić information content (AvgIpc) is 2.77. The minimum atomic E-state index is -0.223. The molecule has 2 N–H and O–H groups in total. The maximum atomic E-state index is 5.32. The highest BCUT2D eigenvalue weighted by atomic mass is 32.1. The molecule has 0 aliphatic carbocycles. The van der Waals surface area contributed by atoms with Crippen LogP contribution in [0.15, 0.2) is 60.7 Å². The van der Waals surface area contributed by atoms with E-state index in [2.05, 4.69) is 66.1 Å². The van der Waals surface area contributed by atoms with E-state index in [1.54, 1.807) is 0 Å². The van der Waals surface area contributed by atoms with E-state index in [4.69, 9.17) is 12.2 Å². The van der Waals surface area contributed by atoms with Crippen molar-refractivity contribution in [3.63, 3.8) is 0 Å². The van der Waals surface area contributed by atoms with E-state index in [-0.39, 0.29) is 11.6 Å². The Labute approximate surface area is 118 Å². The van der Waals surface area contributed by atoms with Crippen LogP contribution >= 0.6 is 12.2 Å². The van der Waals surface area contributed by atoms with Gasteiger partial charge in [0.15, 0.2) is 5.11 Å². The fourth-order valence-corrected chi connectivity index (χ4v) is 3.03. The quantitative estimate of drug-likeness (QED) is 0.818. The molecule has 96 valence electrons. The molecule has 2 nitrogen and oxygen atoms in total. The Kier molecular flexibility index (Phi) is 2.99. The van der Waals surface area contributed by atoms with Crippen LogP contribution in [0.4, 0.5) is 0 Å². The molecule has 1 aliphatic rings. The summed E-state index contributed by atoms with van der Waals surface area (Å²) in [5, 5.41) is 7.50. The van der Waals surface area contributed by atoms with E-state index in [0.717, 1.165) is 0 Å². The van der Waals surface area contributed by atoms with E-state index >= 15 is 0 Å². The molecule has 0 bridgehead atoms. The van der Waals surface area contributed by atoms with Crippen molar-refractivity contribution in [1.29, 1.82) is 0 Å². The van der Waals surface area contributed by atoms with Gasteiger partial charge in [0.05, 0.1) is 11.6 Å². The van der Waals surface area contributed by atoms with Crippen LogP contribution in [0.3, 0.4) is 0 Å². The molecule has 2 atom stereocenters. The van der Waals surface area contributed by atoms with Gasteiger partial charge in [-0.15, -0.1) is 0 Å². The molecule has 19 heavy (non-hydrogen) atoms. The van der Waals surface area contributed by atoms with Gasteiger partial charge in [-0.05, 0) is 30.3 Å². The van der Waals surface area contributed by atoms with Crippen LogP contribution in [0.1, 0.15) is 24.1 Å². The molecule has 1 fully saturated rings. The number of nitrogens with one attached hydrogen (secondary N) is 2. The largest absolute Gasteiger partial charge is 0.353 e. The summed E-state index contributed by atoms with van der Waals surface area (Å²) in [4.78, 5) is 0. The first-order chi connectivity index (χ1) is 9.20. The normalized spacial score (nSPS) is 25.7. The van der Waals surface area contributed by atoms with Gasteiger partial charge in [0, 0.05) is 0 Å². The molecular weight excluding hydrogens is 252 g/mol. The highest BCUT2D eigenvalue weighted by molar-refractivity contribution is 7.80. The van der Waals surface area contributed by atoms with Crippen LogP contribution in [0.25, 0.3) is 0 Å². The lowest BCUT2D eigenvalue weighted by atomic mass is 9.82. The number of hydrogen-bond donors (Lipinski definition) is 2. The minimum Gasteiger partial charge on any atom is -0.353 e. The summed E-state index contributed by atoms with van der Waals surface area (Å²) in [5.41, 5.74) is 2.25. The van der Waals surface area contributed by atoms with E-state index < -0.39 is 0 Å². The number of hydrogen-bond acceptors (Lipinski definition) is 1. The van der Waals surface area contributed by atoms with Gasteiger partial charge < -0.3 is 10.6 Å². The molecule has 1 aliphatic heterocycles. The zero-order valence-electron chi connectivity index (χ0n) is 10.8. The lowest BCUT2D eigenvalue weighted by molar-refractivity contribution is 0.379. The number of thiocarbonyl (C=S) groups is 1. The third-order valence-corrected chi connectivity index (χ3v) is 3.95. The summed E-state index contributed by atoms with van der Waals surface area (Å²) in [7, 11) is 0. The van der Waals surface area contributed by atoms with E-state index in [1.165, 1.54) is 11.1 Å². The first-order valence-corrected chi connectivity index (χ1v) is 6.80. The Morgan fingerprint density at radius 3 is 2.16 bits per heavy atom. The Balaban J connectivity index is 2.06. The fraction of sp³-hybridized carbons (Fsp3) is 0.188. The smallest absolute Gasteiger partial charge is 0.167 e. The van der Waals surface area contributed by atoms with Crippen LogP contribution in [0.2, 0.25) is 0 Å². The van der Waals surface area contributed by atoms with Crippen LogP contribution in [0, 0.1) is 0 Å². The van der Waals surface area contributed by atoms with Gasteiger partial charge in [0.1, 0.15) is 0 Å². The van der Waals surface area contributed by atoms with Crippen molar-refractivity contribution in [3.05, 3.63) is 71.8 Å². The third-order valence-electron chi connectivity index (χ3n) is 3.73. The summed E-state index contributed by atoms with van der Waals surface area (Å²) in [6.45, 7) is 2.19.